The van der Waals surface area contributed by atoms with Crippen LogP contribution >= 0.6 is 0 Å². The molecule has 1 aliphatic heterocycles. The maximum atomic E-state index is 5.47. The normalized spacial score (nSPS) is 15.6. The molecule has 4 heterocycles. The van der Waals surface area contributed by atoms with Crippen molar-refractivity contribution in [2.75, 3.05) is 18.0 Å². The lowest BCUT2D eigenvalue weighted by atomic mass is 9.97. The second kappa shape index (κ2) is 6.35. The van der Waals surface area contributed by atoms with Crippen LogP contribution in [-0.4, -0.2) is 38.2 Å². The van der Waals surface area contributed by atoms with Gasteiger partial charge in [0.05, 0.1) is 11.9 Å². The maximum Gasteiger partial charge on any atom is 0.230 e. The second-order valence-electron chi connectivity index (χ2n) is 5.95. The first kappa shape index (κ1) is 14.7. The molecule has 1 fully saturated rings. The first-order valence-corrected chi connectivity index (χ1v) is 8.08. The Labute approximate surface area is 139 Å². The quantitative estimate of drug-likeness (QED) is 0.733. The van der Waals surface area contributed by atoms with Gasteiger partial charge in [-0.3, -0.25) is 9.97 Å². The van der Waals surface area contributed by atoms with Gasteiger partial charge >= 0.3 is 0 Å². The van der Waals surface area contributed by atoms with Crippen molar-refractivity contribution < 1.29 is 4.52 Å². The molecule has 0 radical (unpaired) electrons. The molecule has 0 bridgehead atoms. The molecule has 0 saturated carbocycles. The van der Waals surface area contributed by atoms with Gasteiger partial charge in [-0.2, -0.15) is 4.98 Å². The average molecular weight is 322 g/mol. The zero-order chi connectivity index (χ0) is 16.4. The summed E-state index contributed by atoms with van der Waals surface area (Å²) in [5.41, 5.74) is 1.67. The van der Waals surface area contributed by atoms with Gasteiger partial charge in [0.25, 0.3) is 0 Å². The predicted molar refractivity (Wildman–Crippen MR) is 88.5 cm³/mol. The number of pyridine rings is 1. The van der Waals surface area contributed by atoms with E-state index in [0.29, 0.717) is 11.7 Å². The molecular formula is C17H18N6O. The van der Waals surface area contributed by atoms with E-state index in [4.69, 9.17) is 4.52 Å². The van der Waals surface area contributed by atoms with Crippen molar-refractivity contribution in [1.29, 1.82) is 0 Å². The van der Waals surface area contributed by atoms with E-state index in [1.165, 1.54) is 0 Å². The van der Waals surface area contributed by atoms with Gasteiger partial charge in [0.1, 0.15) is 11.5 Å². The van der Waals surface area contributed by atoms with Crippen LogP contribution in [0.4, 0.5) is 5.82 Å². The lowest BCUT2D eigenvalue weighted by molar-refractivity contribution is 0.329. The third-order valence-corrected chi connectivity index (χ3v) is 4.25. The van der Waals surface area contributed by atoms with Crippen LogP contribution in [0.3, 0.4) is 0 Å². The Kier molecular flexibility index (Phi) is 3.90. The van der Waals surface area contributed by atoms with E-state index in [1.54, 1.807) is 12.4 Å². The summed E-state index contributed by atoms with van der Waals surface area (Å²) in [4.78, 5) is 19.8. The summed E-state index contributed by atoms with van der Waals surface area (Å²) in [7, 11) is 0. The zero-order valence-corrected chi connectivity index (χ0v) is 13.5. The van der Waals surface area contributed by atoms with E-state index in [-0.39, 0.29) is 5.92 Å². The van der Waals surface area contributed by atoms with E-state index in [2.05, 4.69) is 30.0 Å². The summed E-state index contributed by atoms with van der Waals surface area (Å²) >= 11 is 0. The van der Waals surface area contributed by atoms with E-state index >= 15 is 0 Å². The topological polar surface area (TPSA) is 80.8 Å². The van der Waals surface area contributed by atoms with Crippen LogP contribution < -0.4 is 4.90 Å². The average Bonchev–Trinajstić information content (AvgIpc) is 3.13. The molecule has 0 amide bonds. The summed E-state index contributed by atoms with van der Waals surface area (Å²) in [6.45, 7) is 3.77. The summed E-state index contributed by atoms with van der Waals surface area (Å²) < 4.78 is 5.47. The molecular weight excluding hydrogens is 304 g/mol. The fourth-order valence-corrected chi connectivity index (χ4v) is 2.96. The second-order valence-corrected chi connectivity index (χ2v) is 5.95. The van der Waals surface area contributed by atoms with Gasteiger partial charge in [0, 0.05) is 31.4 Å². The highest BCUT2D eigenvalue weighted by Gasteiger charge is 2.26. The van der Waals surface area contributed by atoms with Crippen molar-refractivity contribution in [3.05, 3.63) is 48.4 Å². The van der Waals surface area contributed by atoms with Gasteiger partial charge < -0.3 is 9.42 Å². The standard InChI is InChI=1S/C17H18N6O/c1-12-10-18-11-15(20-12)23-8-5-13(6-9-23)17-21-16(22-24-17)14-4-2-3-7-19-14/h2-4,7,10-11,13H,5-6,8-9H2,1H3. The predicted octanol–water partition coefficient (Wildman–Crippen LogP) is 2.61. The molecule has 24 heavy (non-hydrogen) atoms. The Hall–Kier alpha value is -2.83. The van der Waals surface area contributed by atoms with Crippen molar-refractivity contribution in [2.45, 2.75) is 25.7 Å². The third-order valence-electron chi connectivity index (χ3n) is 4.25. The molecule has 0 aliphatic carbocycles. The molecule has 3 aromatic rings. The van der Waals surface area contributed by atoms with Crippen molar-refractivity contribution in [3.8, 4) is 11.5 Å². The van der Waals surface area contributed by atoms with Crippen molar-refractivity contribution in [3.63, 3.8) is 0 Å². The minimum atomic E-state index is 0.281. The molecule has 0 N–H and O–H groups in total. The van der Waals surface area contributed by atoms with Gasteiger partial charge in [0.2, 0.25) is 11.7 Å². The van der Waals surface area contributed by atoms with Gasteiger partial charge in [-0.05, 0) is 31.9 Å². The van der Waals surface area contributed by atoms with Crippen molar-refractivity contribution in [2.24, 2.45) is 0 Å². The number of rotatable bonds is 3. The Morgan fingerprint density at radius 3 is 2.75 bits per heavy atom. The molecule has 0 aromatic carbocycles. The monoisotopic (exact) mass is 322 g/mol. The molecule has 7 nitrogen and oxygen atoms in total. The summed E-state index contributed by atoms with van der Waals surface area (Å²) in [6, 6.07) is 5.67. The Morgan fingerprint density at radius 2 is 2.00 bits per heavy atom. The number of anilines is 1. The minimum Gasteiger partial charge on any atom is -0.355 e. The first-order valence-electron chi connectivity index (χ1n) is 8.08. The van der Waals surface area contributed by atoms with Crippen molar-refractivity contribution in [1.82, 2.24) is 25.1 Å². The number of aromatic nitrogens is 5. The van der Waals surface area contributed by atoms with E-state index < -0.39 is 0 Å². The molecule has 3 aromatic heterocycles. The molecule has 0 spiro atoms. The number of hydrogen-bond donors (Lipinski definition) is 0. The van der Waals surface area contributed by atoms with Gasteiger partial charge in [-0.15, -0.1) is 0 Å². The molecule has 7 heteroatoms. The molecule has 0 atom stereocenters. The Balaban J connectivity index is 1.44. The van der Waals surface area contributed by atoms with Gasteiger partial charge in [0.15, 0.2) is 0 Å². The van der Waals surface area contributed by atoms with Crippen LogP contribution in [0, 0.1) is 6.92 Å². The van der Waals surface area contributed by atoms with Crippen LogP contribution in [0.5, 0.6) is 0 Å². The van der Waals surface area contributed by atoms with Gasteiger partial charge in [-0.1, -0.05) is 11.2 Å². The fourth-order valence-electron chi connectivity index (χ4n) is 2.96. The number of piperidine rings is 1. The zero-order valence-electron chi connectivity index (χ0n) is 13.5. The Morgan fingerprint density at radius 1 is 1.12 bits per heavy atom. The highest BCUT2D eigenvalue weighted by Crippen LogP contribution is 2.29. The number of hydrogen-bond acceptors (Lipinski definition) is 7. The SMILES string of the molecule is Cc1cncc(N2CCC(c3nc(-c4ccccn4)no3)CC2)n1. The highest BCUT2D eigenvalue weighted by molar-refractivity contribution is 5.47. The molecule has 1 saturated heterocycles. The maximum absolute atomic E-state index is 5.47. The number of aryl methyl sites for hydroxylation is 1. The van der Waals surface area contributed by atoms with Crippen LogP contribution in [0.15, 0.2) is 41.3 Å². The molecule has 1 aliphatic rings. The lowest BCUT2D eigenvalue weighted by Crippen LogP contribution is -2.33. The Bertz CT molecular complexity index is 811. The molecule has 122 valence electrons. The van der Waals surface area contributed by atoms with Crippen molar-refractivity contribution >= 4 is 5.82 Å². The molecule has 0 unspecified atom stereocenters. The third kappa shape index (κ3) is 2.97. The van der Waals surface area contributed by atoms with Gasteiger partial charge in [-0.25, -0.2) is 4.98 Å². The van der Waals surface area contributed by atoms with Crippen LogP contribution in [0.1, 0.15) is 30.3 Å². The number of nitrogens with zero attached hydrogens (tertiary/aromatic N) is 6. The smallest absolute Gasteiger partial charge is 0.230 e. The van der Waals surface area contributed by atoms with E-state index in [1.807, 2.05) is 31.3 Å². The highest BCUT2D eigenvalue weighted by atomic mass is 16.5. The summed E-state index contributed by atoms with van der Waals surface area (Å²) in [5, 5.41) is 4.07. The first-order chi connectivity index (χ1) is 11.8. The van der Waals surface area contributed by atoms with Crippen LogP contribution in [0.25, 0.3) is 11.5 Å². The van der Waals surface area contributed by atoms with E-state index in [0.717, 1.165) is 43.1 Å². The fraction of sp³-hybridized carbons (Fsp3) is 0.353. The lowest BCUT2D eigenvalue weighted by Gasteiger charge is -2.31. The molecule has 4 rings (SSSR count). The summed E-state index contributed by atoms with van der Waals surface area (Å²) in [5.74, 6) is 2.47. The van der Waals surface area contributed by atoms with Crippen LogP contribution in [0.2, 0.25) is 0 Å². The largest absolute Gasteiger partial charge is 0.355 e. The van der Waals surface area contributed by atoms with Crippen LogP contribution in [-0.2, 0) is 0 Å². The van der Waals surface area contributed by atoms with E-state index in [9.17, 15) is 0 Å². The summed E-state index contributed by atoms with van der Waals surface area (Å²) in [6.07, 6.45) is 7.23. The minimum absolute atomic E-state index is 0.281.